The summed E-state index contributed by atoms with van der Waals surface area (Å²) in [5.74, 6) is -0.565. The largest absolute Gasteiger partial charge is 0.416 e. The summed E-state index contributed by atoms with van der Waals surface area (Å²) in [5, 5.41) is 0.815. The molecule has 2 aromatic carbocycles. The van der Waals surface area contributed by atoms with E-state index >= 15 is 0 Å². The summed E-state index contributed by atoms with van der Waals surface area (Å²) in [6.45, 7) is 1.26. The molecule has 158 valence electrons. The Morgan fingerprint density at radius 1 is 0.867 bits per heavy atom. The summed E-state index contributed by atoms with van der Waals surface area (Å²) >= 11 is 11.8. The molecule has 9 heteroatoms. The highest BCUT2D eigenvalue weighted by Crippen LogP contribution is 2.29. The molecule has 0 aromatic heterocycles. The number of carbonyl (C=O) groups excluding carboxylic acids is 2. The summed E-state index contributed by atoms with van der Waals surface area (Å²) in [6.07, 6.45) is -1.39. The van der Waals surface area contributed by atoms with Crippen LogP contribution in [0.25, 0.3) is 6.08 Å². The average molecular weight is 457 g/mol. The molecule has 2 amide bonds. The van der Waals surface area contributed by atoms with Crippen molar-refractivity contribution >= 4 is 41.1 Å². The summed E-state index contributed by atoms with van der Waals surface area (Å²) in [5.41, 5.74) is 0.111. The molecule has 1 aliphatic heterocycles. The van der Waals surface area contributed by atoms with Crippen molar-refractivity contribution in [2.75, 3.05) is 26.2 Å². The molecule has 30 heavy (non-hydrogen) atoms. The van der Waals surface area contributed by atoms with Gasteiger partial charge in [0.2, 0.25) is 5.91 Å². The van der Waals surface area contributed by atoms with Crippen molar-refractivity contribution in [2.24, 2.45) is 0 Å². The van der Waals surface area contributed by atoms with Gasteiger partial charge in [-0.3, -0.25) is 9.59 Å². The Hall–Kier alpha value is -2.51. The van der Waals surface area contributed by atoms with Crippen molar-refractivity contribution in [1.29, 1.82) is 0 Å². The molecular weight excluding hydrogens is 440 g/mol. The van der Waals surface area contributed by atoms with E-state index in [9.17, 15) is 22.8 Å². The lowest BCUT2D eigenvalue weighted by Gasteiger charge is -2.34. The number of amides is 2. The lowest BCUT2D eigenvalue weighted by Crippen LogP contribution is -2.50. The maximum absolute atomic E-state index is 12.7. The van der Waals surface area contributed by atoms with Gasteiger partial charge < -0.3 is 9.80 Å². The predicted octanol–water partition coefficient (Wildman–Crippen LogP) is 5.01. The first-order valence-electron chi connectivity index (χ1n) is 9.04. The Kier molecular flexibility index (Phi) is 6.73. The van der Waals surface area contributed by atoms with Crippen LogP contribution < -0.4 is 0 Å². The minimum absolute atomic E-state index is 0.183. The van der Waals surface area contributed by atoms with Crippen LogP contribution in [0.5, 0.6) is 0 Å². The zero-order valence-electron chi connectivity index (χ0n) is 15.6. The van der Waals surface area contributed by atoms with Gasteiger partial charge in [-0.05, 0) is 48.0 Å². The van der Waals surface area contributed by atoms with E-state index in [1.54, 1.807) is 29.2 Å². The van der Waals surface area contributed by atoms with E-state index in [4.69, 9.17) is 23.2 Å². The molecule has 2 aromatic rings. The monoisotopic (exact) mass is 456 g/mol. The minimum atomic E-state index is -4.45. The Bertz CT molecular complexity index is 967. The molecule has 0 bridgehead atoms. The van der Waals surface area contributed by atoms with Gasteiger partial charge >= 0.3 is 6.18 Å². The van der Waals surface area contributed by atoms with Crippen molar-refractivity contribution < 1.29 is 22.8 Å². The number of rotatable bonds is 3. The third-order valence-electron chi connectivity index (χ3n) is 4.70. The third kappa shape index (κ3) is 5.34. The first-order valence-corrected chi connectivity index (χ1v) is 9.79. The normalized spacial score (nSPS) is 15.0. The number of carbonyl (C=O) groups is 2. The smallest absolute Gasteiger partial charge is 0.336 e. The summed E-state index contributed by atoms with van der Waals surface area (Å²) in [4.78, 5) is 28.0. The summed E-state index contributed by atoms with van der Waals surface area (Å²) in [6, 6.07) is 9.14. The van der Waals surface area contributed by atoms with Gasteiger partial charge in [-0.25, -0.2) is 0 Å². The second-order valence-electron chi connectivity index (χ2n) is 6.70. The van der Waals surface area contributed by atoms with Gasteiger partial charge in [0, 0.05) is 37.8 Å². The van der Waals surface area contributed by atoms with Crippen molar-refractivity contribution in [3.05, 3.63) is 75.3 Å². The minimum Gasteiger partial charge on any atom is -0.336 e. The van der Waals surface area contributed by atoms with Gasteiger partial charge in [0.15, 0.2) is 0 Å². The van der Waals surface area contributed by atoms with E-state index in [0.29, 0.717) is 36.2 Å². The van der Waals surface area contributed by atoms with Crippen LogP contribution in [0.2, 0.25) is 10.0 Å². The Balaban J connectivity index is 1.56. The molecular formula is C21H17Cl2F3N2O2. The Morgan fingerprint density at radius 3 is 2.03 bits per heavy atom. The van der Waals surface area contributed by atoms with Gasteiger partial charge in [0.1, 0.15) is 0 Å². The second-order valence-corrected chi connectivity index (χ2v) is 7.51. The van der Waals surface area contributed by atoms with E-state index in [-0.39, 0.29) is 17.4 Å². The maximum atomic E-state index is 12.7. The van der Waals surface area contributed by atoms with Gasteiger partial charge in [0.05, 0.1) is 15.6 Å². The first-order chi connectivity index (χ1) is 14.1. The Labute approximate surface area is 181 Å². The van der Waals surface area contributed by atoms with E-state index in [2.05, 4.69) is 0 Å². The van der Waals surface area contributed by atoms with Gasteiger partial charge in [-0.15, -0.1) is 0 Å². The summed E-state index contributed by atoms with van der Waals surface area (Å²) < 4.78 is 38.0. The SMILES string of the molecule is O=C(C=Cc1ccc(Cl)c(Cl)c1)N1CCN(C(=O)c2ccc(C(F)(F)F)cc2)CC1. The highest BCUT2D eigenvalue weighted by Gasteiger charge is 2.31. The first kappa shape index (κ1) is 22.2. The number of hydrogen-bond acceptors (Lipinski definition) is 2. The number of piperazine rings is 1. The lowest BCUT2D eigenvalue weighted by molar-refractivity contribution is -0.137. The van der Waals surface area contributed by atoms with Crippen molar-refractivity contribution in [1.82, 2.24) is 9.80 Å². The lowest BCUT2D eigenvalue weighted by atomic mass is 10.1. The van der Waals surface area contributed by atoms with Crippen molar-refractivity contribution in [2.45, 2.75) is 6.18 Å². The number of alkyl halides is 3. The van der Waals surface area contributed by atoms with Crippen LogP contribution in [-0.4, -0.2) is 47.8 Å². The van der Waals surface area contributed by atoms with Crippen LogP contribution in [0.4, 0.5) is 13.2 Å². The number of hydrogen-bond donors (Lipinski definition) is 0. The molecule has 0 atom stereocenters. The third-order valence-corrected chi connectivity index (χ3v) is 5.44. The molecule has 1 heterocycles. The van der Waals surface area contributed by atoms with E-state index < -0.39 is 11.7 Å². The highest BCUT2D eigenvalue weighted by molar-refractivity contribution is 6.42. The van der Waals surface area contributed by atoms with E-state index in [1.807, 2.05) is 0 Å². The fourth-order valence-corrected chi connectivity index (χ4v) is 3.31. The quantitative estimate of drug-likeness (QED) is 0.609. The molecule has 3 rings (SSSR count). The zero-order valence-corrected chi connectivity index (χ0v) is 17.1. The van der Waals surface area contributed by atoms with Crippen molar-refractivity contribution in [3.63, 3.8) is 0 Å². The molecule has 1 aliphatic rings. The van der Waals surface area contributed by atoms with Crippen LogP contribution in [0.1, 0.15) is 21.5 Å². The predicted molar refractivity (Wildman–Crippen MR) is 109 cm³/mol. The van der Waals surface area contributed by atoms with Crippen LogP contribution in [-0.2, 0) is 11.0 Å². The van der Waals surface area contributed by atoms with Crippen molar-refractivity contribution in [3.8, 4) is 0 Å². The zero-order chi connectivity index (χ0) is 21.9. The van der Waals surface area contributed by atoms with Gasteiger partial charge in [0.25, 0.3) is 5.91 Å². The molecule has 0 spiro atoms. The van der Waals surface area contributed by atoms with Gasteiger partial charge in [-0.1, -0.05) is 29.3 Å². The van der Waals surface area contributed by atoms with Crippen LogP contribution in [0, 0.1) is 0 Å². The standard InChI is InChI=1S/C21H17Cl2F3N2O2/c22-17-7-1-14(13-18(17)23)2-8-19(29)27-9-11-28(12-10-27)20(30)15-3-5-16(6-4-15)21(24,25)26/h1-8,13H,9-12H2. The van der Waals surface area contributed by atoms with Crippen LogP contribution in [0.15, 0.2) is 48.5 Å². The number of benzene rings is 2. The average Bonchev–Trinajstić information content (AvgIpc) is 2.73. The maximum Gasteiger partial charge on any atom is 0.416 e. The Morgan fingerprint density at radius 2 is 1.47 bits per heavy atom. The highest BCUT2D eigenvalue weighted by atomic mass is 35.5. The molecule has 0 aliphatic carbocycles. The number of nitrogens with zero attached hydrogens (tertiary/aromatic N) is 2. The number of halogens is 5. The van der Waals surface area contributed by atoms with Gasteiger partial charge in [-0.2, -0.15) is 13.2 Å². The van der Waals surface area contributed by atoms with E-state index in [0.717, 1.165) is 17.7 Å². The fraction of sp³-hybridized carbons (Fsp3) is 0.238. The molecule has 1 fully saturated rings. The molecule has 0 N–H and O–H groups in total. The van der Waals surface area contributed by atoms with Crippen LogP contribution in [0.3, 0.4) is 0 Å². The molecule has 0 saturated carbocycles. The molecule has 0 radical (unpaired) electrons. The molecule has 4 nitrogen and oxygen atoms in total. The van der Waals surface area contributed by atoms with Crippen LogP contribution >= 0.6 is 23.2 Å². The summed E-state index contributed by atoms with van der Waals surface area (Å²) in [7, 11) is 0. The second kappa shape index (κ2) is 9.10. The van der Waals surface area contributed by atoms with E-state index in [1.165, 1.54) is 23.1 Å². The molecule has 0 unspecified atom stereocenters. The fourth-order valence-electron chi connectivity index (χ4n) is 3.00. The topological polar surface area (TPSA) is 40.6 Å². The molecule has 1 saturated heterocycles.